The number of ether oxygens (including phenoxy) is 1. The predicted molar refractivity (Wildman–Crippen MR) is 121 cm³/mol. The smallest absolute Gasteiger partial charge is 0.119 e. The van der Waals surface area contributed by atoms with E-state index in [0.29, 0.717) is 5.92 Å². The van der Waals surface area contributed by atoms with E-state index < -0.39 is 0 Å². The number of anilines is 2. The molecule has 1 aliphatic heterocycles. The fourth-order valence-corrected chi connectivity index (χ4v) is 5.88. The van der Waals surface area contributed by atoms with Gasteiger partial charge in [0.05, 0.1) is 18.5 Å². The molecule has 152 valence electrons. The van der Waals surface area contributed by atoms with Gasteiger partial charge < -0.3 is 15.0 Å². The van der Waals surface area contributed by atoms with Gasteiger partial charge in [0.1, 0.15) is 5.75 Å². The van der Waals surface area contributed by atoms with Crippen molar-refractivity contribution in [2.75, 3.05) is 30.4 Å². The van der Waals surface area contributed by atoms with Gasteiger partial charge in [0, 0.05) is 35.9 Å². The summed E-state index contributed by atoms with van der Waals surface area (Å²) >= 11 is 0. The molecule has 3 aliphatic rings. The minimum absolute atomic E-state index is 0.253. The molecule has 1 heterocycles. The Hall–Kier alpha value is -2.49. The molecule has 0 aromatic heterocycles. The number of hydrogen-bond donors (Lipinski definition) is 1. The van der Waals surface area contributed by atoms with Crippen LogP contribution in [-0.4, -0.2) is 31.4 Å². The topological polar surface area (TPSA) is 36.9 Å². The van der Waals surface area contributed by atoms with E-state index in [1.807, 2.05) is 12.1 Å². The highest BCUT2D eigenvalue weighted by atomic mass is 16.5. The molecule has 1 N–H and O–H groups in total. The van der Waals surface area contributed by atoms with Crippen LogP contribution in [0.5, 0.6) is 5.75 Å². The Bertz CT molecular complexity index is 883. The molecule has 2 saturated carbocycles. The SMILES string of the molecule is COc1ccc(NCCN2c3ccccc3N=C3CCCC3C23CCCC3)cc1. The van der Waals surface area contributed by atoms with Crippen LogP contribution in [0.3, 0.4) is 0 Å². The van der Waals surface area contributed by atoms with E-state index in [-0.39, 0.29) is 5.54 Å². The Balaban J connectivity index is 1.43. The number of nitrogens with zero attached hydrogens (tertiary/aromatic N) is 2. The van der Waals surface area contributed by atoms with Crippen molar-refractivity contribution in [1.29, 1.82) is 0 Å². The van der Waals surface area contributed by atoms with Crippen molar-refractivity contribution < 1.29 is 4.74 Å². The van der Waals surface area contributed by atoms with Crippen LogP contribution < -0.4 is 15.0 Å². The summed E-state index contributed by atoms with van der Waals surface area (Å²) in [5.41, 5.74) is 5.36. The van der Waals surface area contributed by atoms with Gasteiger partial charge in [-0.1, -0.05) is 25.0 Å². The summed E-state index contributed by atoms with van der Waals surface area (Å²) in [6, 6.07) is 17.0. The molecule has 1 atom stereocenters. The minimum atomic E-state index is 0.253. The van der Waals surface area contributed by atoms with Crippen molar-refractivity contribution in [2.45, 2.75) is 50.5 Å². The second kappa shape index (κ2) is 7.74. The quantitative estimate of drug-likeness (QED) is 0.701. The van der Waals surface area contributed by atoms with Crippen molar-refractivity contribution in [1.82, 2.24) is 0 Å². The summed E-state index contributed by atoms with van der Waals surface area (Å²) in [5, 5.41) is 3.63. The first-order valence-corrected chi connectivity index (χ1v) is 11.1. The zero-order valence-corrected chi connectivity index (χ0v) is 17.4. The molecule has 1 spiro atoms. The standard InChI is InChI=1S/C25H31N3O/c1-29-20-13-11-19(12-14-20)26-17-18-28-24-10-3-2-8-23(24)27-22-9-6-7-21(22)25(28)15-4-5-16-25/h2-3,8,10-14,21,26H,4-7,9,15-18H2,1H3. The molecule has 5 rings (SSSR count). The Morgan fingerprint density at radius 3 is 2.66 bits per heavy atom. The van der Waals surface area contributed by atoms with Crippen LogP contribution in [0.25, 0.3) is 0 Å². The molecule has 2 aromatic rings. The van der Waals surface area contributed by atoms with Crippen molar-refractivity contribution >= 4 is 22.8 Å². The Morgan fingerprint density at radius 2 is 1.86 bits per heavy atom. The highest BCUT2D eigenvalue weighted by Crippen LogP contribution is 2.52. The fourth-order valence-electron chi connectivity index (χ4n) is 5.88. The van der Waals surface area contributed by atoms with E-state index in [1.165, 1.54) is 62.0 Å². The summed E-state index contributed by atoms with van der Waals surface area (Å²) < 4.78 is 5.28. The second-order valence-corrected chi connectivity index (χ2v) is 8.65. The molecule has 2 aliphatic carbocycles. The molecular weight excluding hydrogens is 358 g/mol. The van der Waals surface area contributed by atoms with Gasteiger partial charge >= 0.3 is 0 Å². The van der Waals surface area contributed by atoms with Gasteiger partial charge in [0.2, 0.25) is 0 Å². The van der Waals surface area contributed by atoms with Crippen molar-refractivity contribution in [3.05, 3.63) is 48.5 Å². The molecule has 4 heteroatoms. The predicted octanol–water partition coefficient (Wildman–Crippen LogP) is 5.81. The van der Waals surface area contributed by atoms with E-state index in [4.69, 9.17) is 9.73 Å². The maximum atomic E-state index is 5.28. The zero-order valence-electron chi connectivity index (χ0n) is 17.4. The van der Waals surface area contributed by atoms with E-state index in [9.17, 15) is 0 Å². The Labute approximate surface area is 174 Å². The summed E-state index contributed by atoms with van der Waals surface area (Å²) in [6.45, 7) is 1.92. The third-order valence-electron chi connectivity index (χ3n) is 7.17. The molecule has 4 nitrogen and oxygen atoms in total. The lowest BCUT2D eigenvalue weighted by Crippen LogP contribution is -2.54. The van der Waals surface area contributed by atoms with Gasteiger partial charge in [-0.05, 0) is 68.5 Å². The third-order valence-corrected chi connectivity index (χ3v) is 7.17. The van der Waals surface area contributed by atoms with Crippen molar-refractivity contribution in [2.24, 2.45) is 10.9 Å². The van der Waals surface area contributed by atoms with E-state index in [2.05, 4.69) is 46.6 Å². The van der Waals surface area contributed by atoms with Crippen LogP contribution in [0.1, 0.15) is 44.9 Å². The highest BCUT2D eigenvalue weighted by molar-refractivity contribution is 5.95. The number of aliphatic imine (C=N–C) groups is 1. The molecule has 29 heavy (non-hydrogen) atoms. The molecule has 1 unspecified atom stereocenters. The van der Waals surface area contributed by atoms with Crippen LogP contribution in [-0.2, 0) is 0 Å². The number of benzene rings is 2. The highest BCUT2D eigenvalue weighted by Gasteiger charge is 2.50. The first-order valence-electron chi connectivity index (χ1n) is 11.1. The number of hydrogen-bond acceptors (Lipinski definition) is 4. The van der Waals surface area contributed by atoms with Gasteiger partial charge in [-0.25, -0.2) is 0 Å². The van der Waals surface area contributed by atoms with Crippen LogP contribution in [0, 0.1) is 5.92 Å². The first-order chi connectivity index (χ1) is 14.3. The number of rotatable bonds is 5. The van der Waals surface area contributed by atoms with Crippen LogP contribution in [0.15, 0.2) is 53.5 Å². The molecule has 2 aromatic carbocycles. The maximum absolute atomic E-state index is 5.28. The average molecular weight is 390 g/mol. The minimum Gasteiger partial charge on any atom is -0.497 e. The normalized spacial score (nSPS) is 22.0. The van der Waals surface area contributed by atoms with Crippen LogP contribution in [0.2, 0.25) is 0 Å². The fraction of sp³-hybridized carbons (Fsp3) is 0.480. The molecule has 0 radical (unpaired) electrons. The van der Waals surface area contributed by atoms with E-state index >= 15 is 0 Å². The molecule has 0 amide bonds. The lowest BCUT2D eigenvalue weighted by molar-refractivity contribution is 0.316. The van der Waals surface area contributed by atoms with Crippen LogP contribution >= 0.6 is 0 Å². The third kappa shape index (κ3) is 3.29. The van der Waals surface area contributed by atoms with Gasteiger partial charge in [0.15, 0.2) is 0 Å². The Morgan fingerprint density at radius 1 is 1.07 bits per heavy atom. The number of fused-ring (bicyclic) bond motifs is 3. The molecule has 0 bridgehead atoms. The molecule has 2 fully saturated rings. The van der Waals surface area contributed by atoms with Crippen LogP contribution in [0.4, 0.5) is 17.1 Å². The molecule has 0 saturated heterocycles. The molecular formula is C25H31N3O. The summed E-state index contributed by atoms with van der Waals surface area (Å²) in [5.74, 6) is 1.52. The van der Waals surface area contributed by atoms with E-state index in [0.717, 1.165) is 24.5 Å². The summed E-state index contributed by atoms with van der Waals surface area (Å²) in [7, 11) is 1.71. The second-order valence-electron chi connectivity index (χ2n) is 8.65. The lowest BCUT2D eigenvalue weighted by atomic mass is 9.78. The van der Waals surface area contributed by atoms with Gasteiger partial charge in [-0.3, -0.25) is 4.99 Å². The number of para-hydroxylation sites is 2. The monoisotopic (exact) mass is 389 g/mol. The lowest BCUT2D eigenvalue weighted by Gasteiger charge is -2.46. The number of methoxy groups -OCH3 is 1. The summed E-state index contributed by atoms with van der Waals surface area (Å²) in [4.78, 5) is 7.93. The van der Waals surface area contributed by atoms with Crippen molar-refractivity contribution in [3.8, 4) is 5.75 Å². The average Bonchev–Trinajstić information content (AvgIpc) is 3.41. The van der Waals surface area contributed by atoms with Gasteiger partial charge in [0.25, 0.3) is 0 Å². The van der Waals surface area contributed by atoms with Crippen molar-refractivity contribution in [3.63, 3.8) is 0 Å². The van der Waals surface area contributed by atoms with E-state index in [1.54, 1.807) is 7.11 Å². The Kier molecular flexibility index (Phi) is 4.94. The zero-order chi connectivity index (χ0) is 19.7. The number of nitrogens with one attached hydrogen (secondary N) is 1. The first kappa shape index (κ1) is 18.5. The maximum Gasteiger partial charge on any atom is 0.119 e. The van der Waals surface area contributed by atoms with Gasteiger partial charge in [-0.2, -0.15) is 0 Å². The summed E-state index contributed by atoms with van der Waals surface area (Å²) in [6.07, 6.45) is 9.06. The van der Waals surface area contributed by atoms with Gasteiger partial charge in [-0.15, -0.1) is 0 Å². The largest absolute Gasteiger partial charge is 0.497 e.